The predicted octanol–water partition coefficient (Wildman–Crippen LogP) is 4.27. The standard InChI is InChI=1S/C20H25FN2O2/c1-13-17(19(24)23-14(2)20(3,4)5)9-10-18(22-13)25-12-15-7-6-8-16(21)11-15/h6-11,14H,12H2,1-5H3,(H,23,24)/t14-/m1/s1. The molecule has 0 bridgehead atoms. The predicted molar refractivity (Wildman–Crippen MR) is 96.1 cm³/mol. The van der Waals surface area contributed by atoms with Gasteiger partial charge in [0, 0.05) is 12.1 Å². The monoisotopic (exact) mass is 344 g/mol. The molecule has 134 valence electrons. The number of amides is 1. The fraction of sp³-hybridized carbons (Fsp3) is 0.400. The van der Waals surface area contributed by atoms with E-state index in [4.69, 9.17) is 4.74 Å². The van der Waals surface area contributed by atoms with Crippen molar-refractivity contribution in [1.82, 2.24) is 10.3 Å². The molecule has 1 atom stereocenters. The maximum absolute atomic E-state index is 13.2. The highest BCUT2D eigenvalue weighted by molar-refractivity contribution is 5.95. The number of carbonyl (C=O) groups is 1. The van der Waals surface area contributed by atoms with Gasteiger partial charge in [-0.05, 0) is 43.0 Å². The topological polar surface area (TPSA) is 51.2 Å². The summed E-state index contributed by atoms with van der Waals surface area (Å²) < 4.78 is 18.8. The van der Waals surface area contributed by atoms with Crippen molar-refractivity contribution in [1.29, 1.82) is 0 Å². The van der Waals surface area contributed by atoms with Crippen LogP contribution in [0.15, 0.2) is 36.4 Å². The van der Waals surface area contributed by atoms with Gasteiger partial charge in [-0.2, -0.15) is 0 Å². The summed E-state index contributed by atoms with van der Waals surface area (Å²) in [6.45, 7) is 10.2. The molecule has 0 saturated carbocycles. The SMILES string of the molecule is Cc1nc(OCc2cccc(F)c2)ccc1C(=O)N[C@H](C)C(C)(C)C. The second-order valence-corrected chi connectivity index (χ2v) is 7.26. The lowest BCUT2D eigenvalue weighted by molar-refractivity contribution is 0.0909. The molecule has 1 N–H and O–H groups in total. The zero-order chi connectivity index (χ0) is 18.6. The Hall–Kier alpha value is -2.43. The van der Waals surface area contributed by atoms with Crippen LogP contribution in [0.1, 0.15) is 49.3 Å². The van der Waals surface area contributed by atoms with Crippen LogP contribution in [-0.4, -0.2) is 16.9 Å². The van der Waals surface area contributed by atoms with Crippen molar-refractivity contribution in [2.45, 2.75) is 47.3 Å². The van der Waals surface area contributed by atoms with E-state index in [-0.39, 0.29) is 29.8 Å². The Morgan fingerprint density at radius 1 is 1.28 bits per heavy atom. The third-order valence-electron chi connectivity index (χ3n) is 4.23. The van der Waals surface area contributed by atoms with Gasteiger partial charge in [0.2, 0.25) is 5.88 Å². The van der Waals surface area contributed by atoms with Crippen LogP contribution < -0.4 is 10.1 Å². The summed E-state index contributed by atoms with van der Waals surface area (Å²) in [7, 11) is 0. The quantitative estimate of drug-likeness (QED) is 0.881. The molecule has 25 heavy (non-hydrogen) atoms. The number of rotatable bonds is 5. The lowest BCUT2D eigenvalue weighted by Crippen LogP contribution is -2.41. The van der Waals surface area contributed by atoms with E-state index in [2.05, 4.69) is 31.1 Å². The Morgan fingerprint density at radius 3 is 2.60 bits per heavy atom. The summed E-state index contributed by atoms with van der Waals surface area (Å²) in [5.74, 6) is -0.0449. The molecule has 0 fully saturated rings. The molecule has 1 aromatic heterocycles. The van der Waals surface area contributed by atoms with Crippen LogP contribution in [0.3, 0.4) is 0 Å². The van der Waals surface area contributed by atoms with Crippen molar-refractivity contribution in [3.05, 3.63) is 59.0 Å². The molecule has 1 aromatic carbocycles. The molecule has 0 spiro atoms. The van der Waals surface area contributed by atoms with E-state index in [9.17, 15) is 9.18 Å². The molecule has 1 amide bonds. The van der Waals surface area contributed by atoms with Crippen LogP contribution in [0.4, 0.5) is 4.39 Å². The van der Waals surface area contributed by atoms with Crippen LogP contribution in [-0.2, 0) is 6.61 Å². The summed E-state index contributed by atoms with van der Waals surface area (Å²) in [4.78, 5) is 16.7. The highest BCUT2D eigenvalue weighted by Crippen LogP contribution is 2.20. The largest absolute Gasteiger partial charge is 0.473 e. The summed E-state index contributed by atoms with van der Waals surface area (Å²) in [6, 6.07) is 9.61. The van der Waals surface area contributed by atoms with Crippen molar-refractivity contribution in [3.8, 4) is 5.88 Å². The number of aryl methyl sites for hydroxylation is 1. The zero-order valence-electron chi connectivity index (χ0n) is 15.4. The number of nitrogens with zero attached hydrogens (tertiary/aromatic N) is 1. The minimum absolute atomic E-state index is 0.0228. The van der Waals surface area contributed by atoms with Crippen LogP contribution in [0.2, 0.25) is 0 Å². The van der Waals surface area contributed by atoms with Crippen LogP contribution >= 0.6 is 0 Å². The second-order valence-electron chi connectivity index (χ2n) is 7.26. The molecule has 0 saturated heterocycles. The van der Waals surface area contributed by atoms with E-state index < -0.39 is 0 Å². The van der Waals surface area contributed by atoms with Gasteiger partial charge in [0.25, 0.3) is 5.91 Å². The minimum Gasteiger partial charge on any atom is -0.473 e. The third kappa shape index (κ3) is 5.28. The van der Waals surface area contributed by atoms with Gasteiger partial charge in [0.05, 0.1) is 11.3 Å². The molecule has 0 aliphatic carbocycles. The van der Waals surface area contributed by atoms with E-state index in [1.165, 1.54) is 12.1 Å². The molecule has 2 rings (SSSR count). The number of pyridine rings is 1. The Kier molecular flexibility index (Phi) is 5.77. The smallest absolute Gasteiger partial charge is 0.253 e. The molecular weight excluding hydrogens is 319 g/mol. The molecule has 1 heterocycles. The molecule has 2 aromatic rings. The van der Waals surface area contributed by atoms with E-state index in [0.717, 1.165) is 5.56 Å². The summed E-state index contributed by atoms with van der Waals surface area (Å²) in [6.07, 6.45) is 0. The van der Waals surface area contributed by atoms with Crippen molar-refractivity contribution < 1.29 is 13.9 Å². The third-order valence-corrected chi connectivity index (χ3v) is 4.23. The van der Waals surface area contributed by atoms with Crippen molar-refractivity contribution in [2.75, 3.05) is 0 Å². The summed E-state index contributed by atoms with van der Waals surface area (Å²) in [5, 5.41) is 3.00. The highest BCUT2D eigenvalue weighted by atomic mass is 19.1. The van der Waals surface area contributed by atoms with E-state index in [1.54, 1.807) is 31.2 Å². The first-order valence-corrected chi connectivity index (χ1v) is 8.32. The second kappa shape index (κ2) is 7.64. The highest BCUT2D eigenvalue weighted by Gasteiger charge is 2.23. The Morgan fingerprint density at radius 2 is 2.00 bits per heavy atom. The van der Waals surface area contributed by atoms with E-state index in [1.807, 2.05) is 6.92 Å². The van der Waals surface area contributed by atoms with Crippen LogP contribution in [0, 0.1) is 18.2 Å². The normalized spacial score (nSPS) is 12.6. The van der Waals surface area contributed by atoms with Gasteiger partial charge in [-0.1, -0.05) is 32.9 Å². The fourth-order valence-electron chi connectivity index (χ4n) is 2.13. The molecule has 0 radical (unpaired) electrons. The number of halogens is 1. The molecule has 4 nitrogen and oxygen atoms in total. The number of ether oxygens (including phenoxy) is 1. The van der Waals surface area contributed by atoms with Crippen molar-refractivity contribution >= 4 is 5.91 Å². The Bertz CT molecular complexity index is 754. The molecule has 5 heteroatoms. The Labute approximate surface area is 148 Å². The number of carbonyl (C=O) groups excluding carboxylic acids is 1. The molecular formula is C20H25FN2O2. The maximum Gasteiger partial charge on any atom is 0.253 e. The molecule has 0 aliphatic heterocycles. The van der Waals surface area contributed by atoms with Gasteiger partial charge in [0.15, 0.2) is 0 Å². The minimum atomic E-state index is -0.301. The first kappa shape index (κ1) is 18.9. The van der Waals surface area contributed by atoms with Crippen LogP contribution in [0.25, 0.3) is 0 Å². The van der Waals surface area contributed by atoms with Gasteiger partial charge in [-0.25, -0.2) is 9.37 Å². The van der Waals surface area contributed by atoms with Gasteiger partial charge in [0.1, 0.15) is 12.4 Å². The number of aromatic nitrogens is 1. The van der Waals surface area contributed by atoms with Gasteiger partial charge in [-0.15, -0.1) is 0 Å². The Balaban J connectivity index is 2.03. The van der Waals surface area contributed by atoms with Gasteiger partial charge in [-0.3, -0.25) is 4.79 Å². The average Bonchev–Trinajstić information content (AvgIpc) is 2.52. The number of benzene rings is 1. The van der Waals surface area contributed by atoms with Crippen LogP contribution in [0.5, 0.6) is 5.88 Å². The van der Waals surface area contributed by atoms with Crippen molar-refractivity contribution in [2.24, 2.45) is 5.41 Å². The molecule has 0 aliphatic rings. The fourth-order valence-corrected chi connectivity index (χ4v) is 2.13. The average molecular weight is 344 g/mol. The van der Waals surface area contributed by atoms with Gasteiger partial charge >= 0.3 is 0 Å². The first-order chi connectivity index (χ1) is 11.7. The molecule has 0 unspecified atom stereocenters. The summed E-state index contributed by atoms with van der Waals surface area (Å²) in [5.41, 5.74) is 1.81. The summed E-state index contributed by atoms with van der Waals surface area (Å²) >= 11 is 0. The first-order valence-electron chi connectivity index (χ1n) is 8.32. The van der Waals surface area contributed by atoms with Crippen molar-refractivity contribution in [3.63, 3.8) is 0 Å². The number of hydrogen-bond donors (Lipinski definition) is 1. The number of nitrogens with one attached hydrogen (secondary N) is 1. The van der Waals surface area contributed by atoms with E-state index in [0.29, 0.717) is 17.1 Å². The van der Waals surface area contributed by atoms with Gasteiger partial charge < -0.3 is 10.1 Å². The lowest BCUT2D eigenvalue weighted by Gasteiger charge is -2.28. The van der Waals surface area contributed by atoms with E-state index >= 15 is 0 Å². The zero-order valence-corrected chi connectivity index (χ0v) is 15.4. The number of hydrogen-bond acceptors (Lipinski definition) is 3. The lowest BCUT2D eigenvalue weighted by atomic mass is 9.88. The maximum atomic E-state index is 13.2.